The van der Waals surface area contributed by atoms with Gasteiger partial charge >= 0.3 is 0 Å². The van der Waals surface area contributed by atoms with Crippen LogP contribution in [0.1, 0.15) is 27.7 Å². The number of aromatic nitrogens is 5. The minimum atomic E-state index is -0.657. The number of nitrogens with zero attached hydrogens (tertiary/aromatic N) is 6. The number of carbonyl (C=O) groups is 1. The summed E-state index contributed by atoms with van der Waals surface area (Å²) in [5, 5.41) is 19.7. The highest BCUT2D eigenvalue weighted by molar-refractivity contribution is 5.96. The van der Waals surface area contributed by atoms with Crippen LogP contribution in [0, 0.1) is 0 Å². The maximum Gasteiger partial charge on any atom is 0.298 e. The number of primary amides is 1. The van der Waals surface area contributed by atoms with Crippen LogP contribution in [0.4, 0.5) is 17.5 Å². The Balaban J connectivity index is 1.29. The molecule has 5 rings (SSSR count). The predicted molar refractivity (Wildman–Crippen MR) is 125 cm³/mol. The second kappa shape index (κ2) is 8.72. The number of nitrogens with one attached hydrogen (secondary N) is 2. The molecule has 3 aromatic heterocycles. The summed E-state index contributed by atoms with van der Waals surface area (Å²) in [5.74, 6) is -0.303. The van der Waals surface area contributed by atoms with Gasteiger partial charge in [-0.3, -0.25) is 14.8 Å². The maximum atomic E-state index is 12.0. The summed E-state index contributed by atoms with van der Waals surface area (Å²) in [4.78, 5) is 27.4. The molecule has 12 nitrogen and oxygen atoms in total. The van der Waals surface area contributed by atoms with E-state index >= 15 is 0 Å². The molecule has 12 heteroatoms. The predicted octanol–water partition coefficient (Wildman–Crippen LogP) is 0.878. The van der Waals surface area contributed by atoms with E-state index in [2.05, 4.69) is 30.7 Å². The minimum Gasteiger partial charge on any atom is -0.423 e. The van der Waals surface area contributed by atoms with Crippen molar-refractivity contribution in [3.8, 4) is 0 Å². The number of aryl methyl sites for hydroxylation is 1. The van der Waals surface area contributed by atoms with Crippen molar-refractivity contribution in [3.05, 3.63) is 53.7 Å². The third-order valence-corrected chi connectivity index (χ3v) is 5.77. The smallest absolute Gasteiger partial charge is 0.298 e. The molecule has 0 bridgehead atoms. The molecule has 0 saturated carbocycles. The van der Waals surface area contributed by atoms with Gasteiger partial charge in [0.05, 0.1) is 23.8 Å². The number of carbonyl (C=O) groups excluding carboxylic acids is 1. The Morgan fingerprint density at radius 1 is 1.32 bits per heavy atom. The van der Waals surface area contributed by atoms with E-state index in [1.165, 1.54) is 0 Å². The van der Waals surface area contributed by atoms with Gasteiger partial charge in [0.15, 0.2) is 17.1 Å². The van der Waals surface area contributed by atoms with E-state index in [1.54, 1.807) is 37.4 Å². The molecule has 1 unspecified atom stereocenters. The van der Waals surface area contributed by atoms with E-state index in [1.807, 2.05) is 23.1 Å². The second-order valence-corrected chi connectivity index (χ2v) is 8.29. The average molecular weight is 464 g/mol. The zero-order chi connectivity index (χ0) is 23.8. The number of hydrogen-bond donors (Lipinski definition) is 4. The molecule has 1 amide bonds. The van der Waals surface area contributed by atoms with E-state index in [0.717, 1.165) is 11.1 Å². The third-order valence-electron chi connectivity index (χ3n) is 5.77. The summed E-state index contributed by atoms with van der Waals surface area (Å²) >= 11 is 0. The number of aliphatic hydroxyl groups is 1. The van der Waals surface area contributed by atoms with Crippen LogP contribution in [-0.2, 0) is 13.5 Å². The van der Waals surface area contributed by atoms with Gasteiger partial charge in [-0.05, 0) is 24.7 Å². The van der Waals surface area contributed by atoms with Crippen molar-refractivity contribution in [2.24, 2.45) is 12.8 Å². The molecule has 5 N–H and O–H groups in total. The molecule has 0 spiro atoms. The van der Waals surface area contributed by atoms with Crippen molar-refractivity contribution in [2.45, 2.75) is 18.6 Å². The van der Waals surface area contributed by atoms with Gasteiger partial charge in [-0.15, -0.1) is 0 Å². The monoisotopic (exact) mass is 463 g/mol. The number of amides is 1. The number of aliphatic hydroxyl groups excluding tert-OH is 1. The van der Waals surface area contributed by atoms with Crippen molar-refractivity contribution >= 4 is 34.5 Å². The molecule has 0 radical (unpaired) electrons. The number of fused-ring (bicyclic) bond motifs is 1. The molecule has 1 saturated heterocycles. The summed E-state index contributed by atoms with van der Waals surface area (Å²) in [6.45, 7) is 1.25. The van der Waals surface area contributed by atoms with E-state index in [4.69, 9.17) is 10.2 Å². The minimum absolute atomic E-state index is 0.0643. The van der Waals surface area contributed by atoms with Gasteiger partial charge in [-0.1, -0.05) is 6.07 Å². The highest BCUT2D eigenvalue weighted by atomic mass is 16.4. The first-order chi connectivity index (χ1) is 16.4. The summed E-state index contributed by atoms with van der Waals surface area (Å²) in [7, 11) is 3.50. The van der Waals surface area contributed by atoms with Gasteiger partial charge in [-0.25, -0.2) is 9.97 Å². The molecule has 1 fully saturated rings. The Morgan fingerprint density at radius 2 is 2.15 bits per heavy atom. The van der Waals surface area contributed by atoms with E-state index in [0.29, 0.717) is 48.3 Å². The van der Waals surface area contributed by atoms with Crippen LogP contribution in [0.25, 0.3) is 11.1 Å². The number of anilines is 3. The van der Waals surface area contributed by atoms with Gasteiger partial charge < -0.3 is 25.5 Å². The van der Waals surface area contributed by atoms with Crippen molar-refractivity contribution < 1.29 is 14.3 Å². The molecule has 34 heavy (non-hydrogen) atoms. The first-order valence-corrected chi connectivity index (χ1v) is 10.8. The van der Waals surface area contributed by atoms with Crippen LogP contribution in [-0.4, -0.2) is 62.1 Å². The average Bonchev–Trinajstić information content (AvgIpc) is 3.38. The number of likely N-dealkylation sites (N-methyl/N-ethyl adjacent to an activating group) is 1. The summed E-state index contributed by atoms with van der Waals surface area (Å²) in [6.07, 6.45) is 4.89. The lowest BCUT2D eigenvalue weighted by molar-refractivity contribution is 0.0995. The van der Waals surface area contributed by atoms with E-state index < -0.39 is 12.1 Å². The largest absolute Gasteiger partial charge is 0.423 e. The topological polar surface area (TPSA) is 160 Å². The molecule has 4 aromatic rings. The van der Waals surface area contributed by atoms with Gasteiger partial charge in [0, 0.05) is 38.7 Å². The zero-order valence-corrected chi connectivity index (χ0v) is 18.8. The molecule has 176 valence electrons. The van der Waals surface area contributed by atoms with Crippen LogP contribution in [0.2, 0.25) is 0 Å². The van der Waals surface area contributed by atoms with Crippen LogP contribution >= 0.6 is 0 Å². The molecule has 1 atom stereocenters. The fraction of sp³-hybridized carbons (Fsp3) is 0.318. The summed E-state index contributed by atoms with van der Waals surface area (Å²) in [5.41, 5.74) is 9.37. The number of nitrogens with two attached hydrogens (primary N) is 1. The normalized spacial score (nSPS) is 14.9. The maximum absolute atomic E-state index is 12.0. The van der Waals surface area contributed by atoms with Crippen LogP contribution in [0.3, 0.4) is 0 Å². The number of hydrogen-bond acceptors (Lipinski definition) is 10. The standard InChI is InChI=1S/C22H25N9O3/c1-24-18(32)6-12-3-4-15-17(5-12)34-22(29-15)31-9-13(10-31)16-8-25-21(19(28-16)20(23)33)27-14-7-26-30(2)11-14/h3-5,7-8,11,13,18,24,32H,6,9-10H2,1-2H3,(H2,23,33)(H,25,27). The molecule has 1 aliphatic rings. The Morgan fingerprint density at radius 3 is 2.85 bits per heavy atom. The first-order valence-electron chi connectivity index (χ1n) is 10.8. The van der Waals surface area contributed by atoms with Gasteiger partial charge in [-0.2, -0.15) is 10.1 Å². The number of benzene rings is 1. The van der Waals surface area contributed by atoms with Crippen molar-refractivity contribution in [2.75, 3.05) is 30.4 Å². The number of oxazole rings is 1. The quantitative estimate of drug-likeness (QED) is 0.276. The highest BCUT2D eigenvalue weighted by Crippen LogP contribution is 2.33. The van der Waals surface area contributed by atoms with Crippen molar-refractivity contribution in [1.82, 2.24) is 30.0 Å². The van der Waals surface area contributed by atoms with E-state index in [9.17, 15) is 9.90 Å². The molecular weight excluding hydrogens is 438 g/mol. The van der Waals surface area contributed by atoms with Crippen molar-refractivity contribution in [3.63, 3.8) is 0 Å². The lowest BCUT2D eigenvalue weighted by atomic mass is 9.97. The fourth-order valence-electron chi connectivity index (χ4n) is 3.85. The van der Waals surface area contributed by atoms with E-state index in [-0.39, 0.29) is 11.6 Å². The molecule has 1 aromatic carbocycles. The second-order valence-electron chi connectivity index (χ2n) is 8.29. The van der Waals surface area contributed by atoms with Gasteiger partial charge in [0.1, 0.15) is 11.7 Å². The lowest BCUT2D eigenvalue weighted by Crippen LogP contribution is -2.45. The lowest BCUT2D eigenvalue weighted by Gasteiger charge is -2.37. The van der Waals surface area contributed by atoms with Crippen molar-refractivity contribution in [1.29, 1.82) is 0 Å². The zero-order valence-electron chi connectivity index (χ0n) is 18.8. The molecule has 1 aliphatic heterocycles. The highest BCUT2D eigenvalue weighted by Gasteiger charge is 2.33. The Kier molecular flexibility index (Phi) is 5.59. The summed E-state index contributed by atoms with van der Waals surface area (Å²) < 4.78 is 7.58. The number of rotatable bonds is 8. The summed E-state index contributed by atoms with van der Waals surface area (Å²) in [6, 6.07) is 6.23. The molecular formula is C22H25N9O3. The SMILES string of the molecule is CNC(O)Cc1ccc2nc(N3CC(c4cnc(Nc5cnn(C)c5)c(C(N)=O)n4)C3)oc2c1. The van der Waals surface area contributed by atoms with Crippen LogP contribution in [0.15, 0.2) is 41.2 Å². The Labute approximate surface area is 194 Å². The molecule has 0 aliphatic carbocycles. The van der Waals surface area contributed by atoms with Crippen LogP contribution in [0.5, 0.6) is 0 Å². The first kappa shape index (κ1) is 21.8. The molecule has 4 heterocycles. The third kappa shape index (κ3) is 4.28. The van der Waals surface area contributed by atoms with Gasteiger partial charge in [0.25, 0.3) is 11.9 Å². The Bertz CT molecular complexity index is 1340. The fourth-order valence-corrected chi connectivity index (χ4v) is 3.85. The van der Waals surface area contributed by atoms with Crippen LogP contribution < -0.4 is 21.3 Å². The van der Waals surface area contributed by atoms with Gasteiger partial charge in [0.2, 0.25) is 0 Å². The Hall–Kier alpha value is -4.03.